The summed E-state index contributed by atoms with van der Waals surface area (Å²) < 4.78 is 0. The molecule has 0 aromatic rings. The van der Waals surface area contributed by atoms with Crippen LogP contribution in [0.1, 0.15) is 38.5 Å². The summed E-state index contributed by atoms with van der Waals surface area (Å²) >= 11 is 0. The lowest BCUT2D eigenvalue weighted by atomic mass is 9.75. The zero-order valence-electron chi connectivity index (χ0n) is 9.98. The SMILES string of the molecule is CN1O[C@@H]2CCC[C@]2(CO)[C@@H]1C1=CCCC1. The number of nitrogens with zero attached hydrogens (tertiary/aromatic N) is 1. The Morgan fingerprint density at radius 2 is 2.44 bits per heavy atom. The molecule has 0 aromatic heterocycles. The maximum absolute atomic E-state index is 9.84. The second-order valence-corrected chi connectivity index (χ2v) is 5.50. The molecule has 3 rings (SSSR count). The average molecular weight is 223 g/mol. The van der Waals surface area contributed by atoms with Gasteiger partial charge in [-0.1, -0.05) is 11.6 Å². The number of hydrogen-bond donors (Lipinski definition) is 1. The van der Waals surface area contributed by atoms with Gasteiger partial charge in [0.05, 0.1) is 18.8 Å². The van der Waals surface area contributed by atoms with Crippen molar-refractivity contribution in [2.45, 2.75) is 50.7 Å². The van der Waals surface area contributed by atoms with Gasteiger partial charge in [0.1, 0.15) is 0 Å². The molecule has 2 fully saturated rings. The van der Waals surface area contributed by atoms with E-state index in [1.807, 2.05) is 12.1 Å². The Kier molecular flexibility index (Phi) is 2.57. The van der Waals surface area contributed by atoms with Gasteiger partial charge in [-0.2, -0.15) is 5.06 Å². The molecule has 0 amide bonds. The van der Waals surface area contributed by atoms with Gasteiger partial charge in [0, 0.05) is 12.5 Å². The Bertz CT molecular complexity index is 315. The second-order valence-electron chi connectivity index (χ2n) is 5.50. The molecule has 1 N–H and O–H groups in total. The summed E-state index contributed by atoms with van der Waals surface area (Å²) in [4.78, 5) is 5.94. The molecule has 0 radical (unpaired) electrons. The molecule has 1 aliphatic heterocycles. The smallest absolute Gasteiger partial charge is 0.0890 e. The van der Waals surface area contributed by atoms with Crippen molar-refractivity contribution >= 4 is 0 Å². The molecule has 1 saturated carbocycles. The third-order valence-corrected chi connectivity index (χ3v) is 4.67. The topological polar surface area (TPSA) is 32.7 Å². The molecule has 3 nitrogen and oxygen atoms in total. The van der Waals surface area contributed by atoms with E-state index in [1.54, 1.807) is 0 Å². The van der Waals surface area contributed by atoms with Crippen LogP contribution >= 0.6 is 0 Å². The highest BCUT2D eigenvalue weighted by molar-refractivity contribution is 5.23. The van der Waals surface area contributed by atoms with Crippen molar-refractivity contribution < 1.29 is 9.94 Å². The van der Waals surface area contributed by atoms with Gasteiger partial charge in [0.25, 0.3) is 0 Å². The van der Waals surface area contributed by atoms with Gasteiger partial charge in [-0.25, -0.2) is 0 Å². The number of hydrogen-bond acceptors (Lipinski definition) is 3. The summed E-state index contributed by atoms with van der Waals surface area (Å²) in [7, 11) is 2.03. The first-order valence-electron chi connectivity index (χ1n) is 6.47. The second kappa shape index (κ2) is 3.83. The first-order chi connectivity index (χ1) is 7.78. The fourth-order valence-corrected chi connectivity index (χ4v) is 3.97. The van der Waals surface area contributed by atoms with Crippen LogP contribution < -0.4 is 0 Å². The van der Waals surface area contributed by atoms with E-state index in [0.29, 0.717) is 6.04 Å². The molecular formula is C13H21NO2. The van der Waals surface area contributed by atoms with E-state index in [-0.39, 0.29) is 18.1 Å². The van der Waals surface area contributed by atoms with E-state index < -0.39 is 0 Å². The molecular weight excluding hydrogens is 202 g/mol. The minimum atomic E-state index is -0.00900. The minimum Gasteiger partial charge on any atom is -0.396 e. The lowest BCUT2D eigenvalue weighted by molar-refractivity contribution is -0.140. The first kappa shape index (κ1) is 10.8. The van der Waals surface area contributed by atoms with Crippen molar-refractivity contribution in [2.75, 3.05) is 13.7 Å². The number of fused-ring (bicyclic) bond motifs is 1. The molecule has 3 heteroatoms. The zero-order chi connectivity index (χ0) is 11.2. The van der Waals surface area contributed by atoms with Crippen molar-refractivity contribution in [2.24, 2.45) is 5.41 Å². The fourth-order valence-electron chi connectivity index (χ4n) is 3.97. The van der Waals surface area contributed by atoms with Gasteiger partial charge in [0.15, 0.2) is 0 Å². The monoisotopic (exact) mass is 223 g/mol. The number of rotatable bonds is 2. The highest BCUT2D eigenvalue weighted by Gasteiger charge is 2.57. The van der Waals surface area contributed by atoms with Crippen molar-refractivity contribution in [1.29, 1.82) is 0 Å². The molecule has 3 atom stereocenters. The minimum absolute atomic E-state index is 0.00900. The van der Waals surface area contributed by atoms with Crippen molar-refractivity contribution in [3.05, 3.63) is 11.6 Å². The first-order valence-corrected chi connectivity index (χ1v) is 6.47. The molecule has 16 heavy (non-hydrogen) atoms. The fraction of sp³-hybridized carbons (Fsp3) is 0.846. The number of allylic oxidation sites excluding steroid dienone is 1. The summed E-state index contributed by atoms with van der Waals surface area (Å²) in [5, 5.41) is 11.9. The van der Waals surface area contributed by atoms with Crippen LogP contribution in [-0.2, 0) is 4.84 Å². The highest BCUT2D eigenvalue weighted by Crippen LogP contribution is 2.52. The van der Waals surface area contributed by atoms with E-state index in [2.05, 4.69) is 6.08 Å². The van der Waals surface area contributed by atoms with Gasteiger partial charge in [-0.15, -0.1) is 0 Å². The van der Waals surface area contributed by atoms with Crippen LogP contribution in [0.5, 0.6) is 0 Å². The maximum atomic E-state index is 9.84. The van der Waals surface area contributed by atoms with Gasteiger partial charge >= 0.3 is 0 Å². The van der Waals surface area contributed by atoms with Gasteiger partial charge in [-0.3, -0.25) is 4.84 Å². The van der Waals surface area contributed by atoms with Crippen LogP contribution in [0, 0.1) is 5.41 Å². The van der Waals surface area contributed by atoms with Crippen LogP contribution in [0.25, 0.3) is 0 Å². The number of hydroxylamine groups is 2. The van der Waals surface area contributed by atoms with Crippen molar-refractivity contribution in [3.63, 3.8) is 0 Å². The van der Waals surface area contributed by atoms with E-state index >= 15 is 0 Å². The van der Waals surface area contributed by atoms with E-state index in [4.69, 9.17) is 4.84 Å². The number of aliphatic hydroxyl groups is 1. The predicted octanol–water partition coefficient (Wildman–Crippen LogP) is 1.87. The predicted molar refractivity (Wildman–Crippen MR) is 61.7 cm³/mol. The van der Waals surface area contributed by atoms with Crippen LogP contribution in [0.2, 0.25) is 0 Å². The Hall–Kier alpha value is -0.380. The molecule has 0 unspecified atom stereocenters. The normalized spacial score (nSPS) is 43.8. The standard InChI is InChI=1S/C13H21NO2/c1-14-12(10-5-2-3-6-10)13(9-15)8-4-7-11(13)16-14/h5,11-12,15H,2-4,6-9H2,1H3/t11-,12+,13-/m1/s1. The summed E-state index contributed by atoms with van der Waals surface area (Å²) in [5.41, 5.74) is 1.49. The van der Waals surface area contributed by atoms with Crippen LogP contribution in [0.15, 0.2) is 11.6 Å². The lowest BCUT2D eigenvalue weighted by Crippen LogP contribution is -2.43. The molecule has 2 aliphatic carbocycles. The van der Waals surface area contributed by atoms with Crippen molar-refractivity contribution in [1.82, 2.24) is 5.06 Å². The van der Waals surface area contributed by atoms with Crippen LogP contribution in [0.4, 0.5) is 0 Å². The average Bonchev–Trinajstić information content (AvgIpc) is 2.92. The Balaban J connectivity index is 1.94. The third-order valence-electron chi connectivity index (χ3n) is 4.67. The summed E-state index contributed by atoms with van der Waals surface area (Å²) in [6, 6.07) is 0.326. The third kappa shape index (κ3) is 1.31. The van der Waals surface area contributed by atoms with Crippen LogP contribution in [0.3, 0.4) is 0 Å². The summed E-state index contributed by atoms with van der Waals surface area (Å²) in [6.45, 7) is 0.268. The summed E-state index contributed by atoms with van der Waals surface area (Å²) in [5.74, 6) is 0. The quantitative estimate of drug-likeness (QED) is 0.725. The number of likely N-dealkylation sites (N-methyl/N-ethyl adjacent to an activating group) is 1. The van der Waals surface area contributed by atoms with Gasteiger partial charge in [0.2, 0.25) is 0 Å². The molecule has 3 aliphatic rings. The molecule has 1 saturated heterocycles. The highest BCUT2D eigenvalue weighted by atomic mass is 16.7. The Labute approximate surface area is 97.0 Å². The summed E-state index contributed by atoms with van der Waals surface area (Å²) in [6.07, 6.45) is 9.68. The van der Waals surface area contributed by atoms with E-state index in [0.717, 1.165) is 12.8 Å². The lowest BCUT2D eigenvalue weighted by Gasteiger charge is -2.33. The van der Waals surface area contributed by atoms with Crippen molar-refractivity contribution in [3.8, 4) is 0 Å². The zero-order valence-corrected chi connectivity index (χ0v) is 9.98. The molecule has 1 heterocycles. The molecule has 0 spiro atoms. The van der Waals surface area contributed by atoms with E-state index in [1.165, 1.54) is 31.3 Å². The Morgan fingerprint density at radius 1 is 1.56 bits per heavy atom. The number of aliphatic hydroxyl groups excluding tert-OH is 1. The molecule has 0 aromatic carbocycles. The Morgan fingerprint density at radius 3 is 3.12 bits per heavy atom. The van der Waals surface area contributed by atoms with Gasteiger partial charge in [-0.05, 0) is 38.5 Å². The molecule has 90 valence electrons. The molecule has 0 bridgehead atoms. The largest absolute Gasteiger partial charge is 0.396 e. The van der Waals surface area contributed by atoms with Gasteiger partial charge < -0.3 is 5.11 Å². The van der Waals surface area contributed by atoms with Crippen LogP contribution in [-0.4, -0.2) is 36.0 Å². The maximum Gasteiger partial charge on any atom is 0.0890 e. The van der Waals surface area contributed by atoms with E-state index in [9.17, 15) is 5.11 Å².